The number of thiophene rings is 1. The zero-order valence-electron chi connectivity index (χ0n) is 17.8. The number of amides is 1. The van der Waals surface area contributed by atoms with Crippen molar-refractivity contribution in [2.75, 3.05) is 11.4 Å². The van der Waals surface area contributed by atoms with Crippen molar-refractivity contribution in [2.24, 2.45) is 0 Å². The van der Waals surface area contributed by atoms with Crippen LogP contribution in [0.5, 0.6) is 0 Å². The number of fused-ring (bicyclic) bond motifs is 3. The third-order valence-electron chi connectivity index (χ3n) is 5.21. The third-order valence-corrected chi connectivity index (χ3v) is 7.53. The summed E-state index contributed by atoms with van der Waals surface area (Å²) in [4.78, 5) is 16.5. The van der Waals surface area contributed by atoms with Crippen molar-refractivity contribution >= 4 is 50.4 Å². The van der Waals surface area contributed by atoms with E-state index in [1.54, 1.807) is 11.3 Å². The normalized spacial score (nSPS) is 12.5. The van der Waals surface area contributed by atoms with Crippen LogP contribution in [0, 0.1) is 6.92 Å². The van der Waals surface area contributed by atoms with Gasteiger partial charge < -0.3 is 4.90 Å². The largest absolute Gasteiger partial charge is 0.312 e. The summed E-state index contributed by atoms with van der Waals surface area (Å²) >= 11 is 3.31. The monoisotopic (exact) mass is 438 g/mol. The summed E-state index contributed by atoms with van der Waals surface area (Å²) in [6, 6.07) is 14.3. The number of rotatable bonds is 7. The highest BCUT2D eigenvalue weighted by atomic mass is 32.2. The van der Waals surface area contributed by atoms with E-state index in [-0.39, 0.29) is 11.2 Å². The van der Waals surface area contributed by atoms with Gasteiger partial charge in [0.05, 0.1) is 21.0 Å². The number of carbonyl (C=O) groups is 1. The van der Waals surface area contributed by atoms with E-state index in [2.05, 4.69) is 47.5 Å². The zero-order valence-corrected chi connectivity index (χ0v) is 19.4. The van der Waals surface area contributed by atoms with Crippen molar-refractivity contribution in [1.29, 1.82) is 0 Å². The lowest BCUT2D eigenvalue weighted by Gasteiger charge is -2.25. The third kappa shape index (κ3) is 3.72. The maximum Gasteiger partial charge on any atom is 0.240 e. The number of aryl methyl sites for hydroxylation is 2. The fraction of sp³-hybridized carbons (Fsp3) is 0.348. The Hall–Kier alpha value is -2.38. The van der Waals surface area contributed by atoms with Crippen molar-refractivity contribution in [3.63, 3.8) is 0 Å². The molecule has 3 aromatic heterocycles. The van der Waals surface area contributed by atoms with E-state index < -0.39 is 0 Å². The van der Waals surface area contributed by atoms with Crippen LogP contribution in [0.4, 0.5) is 5.69 Å². The Morgan fingerprint density at radius 1 is 1.13 bits per heavy atom. The number of anilines is 1. The molecule has 0 saturated carbocycles. The molecule has 0 N–H and O–H groups in total. The topological polar surface area (TPSA) is 50.5 Å². The number of aromatic nitrogens is 3. The van der Waals surface area contributed by atoms with Crippen LogP contribution >= 0.6 is 23.1 Å². The Balaban J connectivity index is 1.71. The molecule has 0 spiro atoms. The molecule has 1 aromatic carbocycles. The molecule has 7 heteroatoms. The Kier molecular flexibility index (Phi) is 6.11. The highest BCUT2D eigenvalue weighted by Gasteiger charge is 2.26. The molecule has 156 valence electrons. The molecular formula is C23H26N4OS2. The van der Waals surface area contributed by atoms with E-state index in [4.69, 9.17) is 0 Å². The Bertz CT molecular complexity index is 1180. The minimum atomic E-state index is -0.217. The SMILES string of the molecule is CCc1nnc(SC(CC)C(=O)N(CC)c2ccccc2)c2cc3sc(C)cc3n12. The first kappa shape index (κ1) is 20.9. The summed E-state index contributed by atoms with van der Waals surface area (Å²) in [6.07, 6.45) is 1.53. The maximum atomic E-state index is 13.4. The summed E-state index contributed by atoms with van der Waals surface area (Å²) in [6.45, 7) is 8.93. The number of hydrogen-bond donors (Lipinski definition) is 0. The number of carbonyl (C=O) groups excluding carboxylic acids is 1. The first-order valence-electron chi connectivity index (χ1n) is 10.4. The highest BCUT2D eigenvalue weighted by molar-refractivity contribution is 8.00. The standard InChI is InChI=1S/C23H26N4OS2/c1-5-19(23(28)26(7-3)16-11-9-8-10-12-16)30-22-18-14-20-17(13-15(4)29-20)27(18)21(6-2)24-25-22/h8-14,19H,5-7H2,1-4H3. The van der Waals surface area contributed by atoms with Gasteiger partial charge in [0.2, 0.25) is 5.91 Å². The van der Waals surface area contributed by atoms with Crippen molar-refractivity contribution in [3.05, 3.63) is 53.2 Å². The number of thioether (sulfide) groups is 1. The van der Waals surface area contributed by atoms with Gasteiger partial charge in [-0.1, -0.05) is 43.8 Å². The van der Waals surface area contributed by atoms with E-state index in [1.165, 1.54) is 26.9 Å². The smallest absolute Gasteiger partial charge is 0.240 e. The minimum absolute atomic E-state index is 0.111. The molecular weight excluding hydrogens is 412 g/mol. The molecule has 0 aliphatic carbocycles. The highest BCUT2D eigenvalue weighted by Crippen LogP contribution is 2.35. The van der Waals surface area contributed by atoms with Crippen LogP contribution in [-0.4, -0.2) is 32.3 Å². The second kappa shape index (κ2) is 8.78. The van der Waals surface area contributed by atoms with Crippen LogP contribution < -0.4 is 4.90 Å². The molecule has 0 saturated heterocycles. The molecule has 0 bridgehead atoms. The lowest BCUT2D eigenvalue weighted by molar-refractivity contribution is -0.118. The number of nitrogens with zero attached hydrogens (tertiary/aromatic N) is 4. The van der Waals surface area contributed by atoms with Crippen LogP contribution in [0.1, 0.15) is 37.9 Å². The average Bonchev–Trinajstić information content (AvgIpc) is 3.29. The lowest BCUT2D eigenvalue weighted by atomic mass is 10.2. The van der Waals surface area contributed by atoms with Crippen molar-refractivity contribution in [2.45, 2.75) is 50.8 Å². The van der Waals surface area contributed by atoms with Crippen molar-refractivity contribution in [1.82, 2.24) is 14.6 Å². The first-order valence-corrected chi connectivity index (χ1v) is 12.1. The van der Waals surface area contributed by atoms with Gasteiger partial charge in [0, 0.05) is 23.5 Å². The molecule has 30 heavy (non-hydrogen) atoms. The van der Waals surface area contributed by atoms with E-state index >= 15 is 0 Å². The summed E-state index contributed by atoms with van der Waals surface area (Å²) in [5.41, 5.74) is 3.15. The van der Waals surface area contributed by atoms with Gasteiger partial charge in [0.15, 0.2) is 0 Å². The second-order valence-electron chi connectivity index (χ2n) is 7.18. The molecule has 5 nitrogen and oxygen atoms in total. The summed E-state index contributed by atoms with van der Waals surface area (Å²) in [5, 5.41) is 9.63. The molecule has 0 fully saturated rings. The maximum absolute atomic E-state index is 13.4. The zero-order chi connectivity index (χ0) is 21.3. The van der Waals surface area contributed by atoms with E-state index in [1.807, 2.05) is 42.2 Å². The van der Waals surface area contributed by atoms with E-state index in [9.17, 15) is 4.79 Å². The van der Waals surface area contributed by atoms with Crippen LogP contribution in [0.15, 0.2) is 47.5 Å². The van der Waals surface area contributed by atoms with Gasteiger partial charge in [-0.2, -0.15) is 0 Å². The molecule has 1 amide bonds. The van der Waals surface area contributed by atoms with E-state index in [0.29, 0.717) is 6.54 Å². The fourth-order valence-electron chi connectivity index (χ4n) is 3.75. The average molecular weight is 439 g/mol. The predicted octanol–water partition coefficient (Wildman–Crippen LogP) is 5.74. The van der Waals surface area contributed by atoms with Gasteiger partial charge in [-0.05, 0) is 44.5 Å². The molecule has 4 aromatic rings. The predicted molar refractivity (Wildman–Crippen MR) is 127 cm³/mol. The van der Waals surface area contributed by atoms with Crippen molar-refractivity contribution in [3.8, 4) is 0 Å². The lowest BCUT2D eigenvalue weighted by Crippen LogP contribution is -2.37. The quantitative estimate of drug-likeness (QED) is 0.345. The number of para-hydroxylation sites is 1. The van der Waals surface area contributed by atoms with E-state index in [0.717, 1.165) is 34.9 Å². The van der Waals surface area contributed by atoms with Gasteiger partial charge in [-0.15, -0.1) is 21.5 Å². The Labute approximate surface area is 185 Å². The fourth-order valence-corrected chi connectivity index (χ4v) is 5.72. The molecule has 4 rings (SSSR count). The summed E-state index contributed by atoms with van der Waals surface area (Å²) in [7, 11) is 0. The van der Waals surface area contributed by atoms with Crippen molar-refractivity contribution < 1.29 is 4.79 Å². The molecule has 1 unspecified atom stereocenters. The second-order valence-corrected chi connectivity index (χ2v) is 9.66. The van der Waals surface area contributed by atoms with Gasteiger partial charge in [-0.3, -0.25) is 9.20 Å². The minimum Gasteiger partial charge on any atom is -0.312 e. The van der Waals surface area contributed by atoms with Gasteiger partial charge in [-0.25, -0.2) is 0 Å². The molecule has 0 radical (unpaired) electrons. The first-order chi connectivity index (χ1) is 14.6. The molecule has 0 aliphatic rings. The van der Waals surface area contributed by atoms with Crippen LogP contribution in [-0.2, 0) is 11.2 Å². The molecule has 3 heterocycles. The molecule has 0 aliphatic heterocycles. The summed E-state index contributed by atoms with van der Waals surface area (Å²) in [5.74, 6) is 1.06. The van der Waals surface area contributed by atoms with Crippen LogP contribution in [0.2, 0.25) is 0 Å². The van der Waals surface area contributed by atoms with Crippen LogP contribution in [0.3, 0.4) is 0 Å². The Morgan fingerprint density at radius 3 is 2.57 bits per heavy atom. The van der Waals surface area contributed by atoms with Gasteiger partial charge >= 0.3 is 0 Å². The summed E-state index contributed by atoms with van der Waals surface area (Å²) < 4.78 is 3.44. The molecule has 1 atom stereocenters. The Morgan fingerprint density at radius 2 is 1.90 bits per heavy atom. The number of hydrogen-bond acceptors (Lipinski definition) is 5. The van der Waals surface area contributed by atoms with Crippen LogP contribution in [0.25, 0.3) is 15.7 Å². The van der Waals surface area contributed by atoms with Gasteiger partial charge in [0.25, 0.3) is 0 Å². The number of benzene rings is 1. The van der Waals surface area contributed by atoms with Gasteiger partial charge in [0.1, 0.15) is 10.9 Å².